The van der Waals surface area contributed by atoms with E-state index in [9.17, 15) is 4.79 Å². The molecule has 0 radical (unpaired) electrons. The first kappa shape index (κ1) is 18.4. The number of hydrazone groups is 1. The van der Waals surface area contributed by atoms with Crippen molar-refractivity contribution in [3.63, 3.8) is 0 Å². The average Bonchev–Trinajstić information content (AvgIpc) is 2.61. The normalized spacial score (nSPS) is 10.0. The van der Waals surface area contributed by atoms with Crippen LogP contribution in [-0.4, -0.2) is 12.1 Å². The van der Waals surface area contributed by atoms with Crippen LogP contribution in [0.2, 0.25) is 0 Å². The van der Waals surface area contributed by atoms with Crippen molar-refractivity contribution in [1.29, 1.82) is 10.5 Å². The molecule has 2 aromatic rings. The zero-order chi connectivity index (χ0) is 18.1. The minimum atomic E-state index is -0.454. The maximum atomic E-state index is 11.1. The molecule has 0 spiro atoms. The molecule has 0 atom stereocenters. The van der Waals surface area contributed by atoms with E-state index in [1.54, 1.807) is 24.3 Å². The summed E-state index contributed by atoms with van der Waals surface area (Å²) < 4.78 is 6.66. The Morgan fingerprint density at radius 3 is 2.80 bits per heavy atom. The van der Waals surface area contributed by atoms with Crippen molar-refractivity contribution in [3.8, 4) is 17.9 Å². The molecule has 0 unspecified atom stereocenters. The Hall–Kier alpha value is -2.91. The number of halogens is 1. The fraction of sp³-hybridized carbons (Fsp3) is 0.111. The van der Waals surface area contributed by atoms with Crippen molar-refractivity contribution in [3.05, 3.63) is 62.7 Å². The minimum absolute atomic E-state index is 0.230. The lowest BCUT2D eigenvalue weighted by Gasteiger charge is -2.10. The predicted molar refractivity (Wildman–Crippen MR) is 101 cm³/mol. The summed E-state index contributed by atoms with van der Waals surface area (Å²) in [5.41, 5.74) is 4.47. The highest BCUT2D eigenvalue weighted by molar-refractivity contribution is 14.1. The predicted octanol–water partition coefficient (Wildman–Crippen LogP) is 3.11. The van der Waals surface area contributed by atoms with Gasteiger partial charge in [-0.25, -0.2) is 5.43 Å². The molecule has 1 N–H and O–H groups in total. The van der Waals surface area contributed by atoms with Crippen LogP contribution in [-0.2, 0) is 11.4 Å². The van der Waals surface area contributed by atoms with Gasteiger partial charge in [-0.05, 0) is 52.4 Å². The standard InChI is InChI=1S/C18H13IN4O2/c19-16-9-13(11-22-23-18(24)7-8-20)5-6-17(16)25-12-15-4-2-1-3-14(15)10-21/h1-6,9,11H,7,12H2,(H,23,24). The molecule has 0 saturated heterocycles. The van der Waals surface area contributed by atoms with E-state index < -0.39 is 5.91 Å². The largest absolute Gasteiger partial charge is 0.488 e. The molecule has 2 rings (SSSR count). The van der Waals surface area contributed by atoms with Gasteiger partial charge in [0.25, 0.3) is 5.91 Å². The van der Waals surface area contributed by atoms with Crippen LogP contribution in [0, 0.1) is 26.2 Å². The number of ether oxygens (including phenoxy) is 1. The van der Waals surface area contributed by atoms with Gasteiger partial charge in [0.05, 0.1) is 27.5 Å². The number of hydrogen-bond acceptors (Lipinski definition) is 5. The second-order valence-corrected chi connectivity index (χ2v) is 6.04. The second-order valence-electron chi connectivity index (χ2n) is 4.88. The van der Waals surface area contributed by atoms with Crippen LogP contribution in [0.5, 0.6) is 5.75 Å². The van der Waals surface area contributed by atoms with Gasteiger partial charge in [0.2, 0.25) is 0 Å². The van der Waals surface area contributed by atoms with Gasteiger partial charge >= 0.3 is 0 Å². The summed E-state index contributed by atoms with van der Waals surface area (Å²) in [5, 5.41) is 21.3. The molecule has 0 aliphatic heterocycles. The van der Waals surface area contributed by atoms with Crippen molar-refractivity contribution in [2.75, 3.05) is 0 Å². The third kappa shape index (κ3) is 5.59. The van der Waals surface area contributed by atoms with E-state index in [1.165, 1.54) is 6.21 Å². The van der Waals surface area contributed by atoms with Crippen LogP contribution in [0.15, 0.2) is 47.6 Å². The van der Waals surface area contributed by atoms with E-state index in [0.29, 0.717) is 17.9 Å². The van der Waals surface area contributed by atoms with Gasteiger partial charge < -0.3 is 4.74 Å². The lowest BCUT2D eigenvalue weighted by atomic mass is 10.1. The smallest absolute Gasteiger partial charge is 0.254 e. The molecule has 0 saturated carbocycles. The average molecular weight is 444 g/mol. The Bertz CT molecular complexity index is 881. The van der Waals surface area contributed by atoms with Crippen molar-refractivity contribution in [2.24, 2.45) is 5.10 Å². The highest BCUT2D eigenvalue weighted by atomic mass is 127. The fourth-order valence-corrected chi connectivity index (χ4v) is 2.61. The van der Waals surface area contributed by atoms with Crippen molar-refractivity contribution < 1.29 is 9.53 Å². The van der Waals surface area contributed by atoms with Crippen LogP contribution in [0.4, 0.5) is 0 Å². The molecule has 6 nitrogen and oxygen atoms in total. The van der Waals surface area contributed by atoms with Crippen LogP contribution < -0.4 is 10.2 Å². The van der Waals surface area contributed by atoms with E-state index in [4.69, 9.17) is 15.3 Å². The highest BCUT2D eigenvalue weighted by Gasteiger charge is 2.05. The molecule has 1 amide bonds. The van der Waals surface area contributed by atoms with E-state index in [0.717, 1.165) is 14.7 Å². The molecule has 0 aromatic heterocycles. The van der Waals surface area contributed by atoms with Crippen molar-refractivity contribution >= 4 is 34.7 Å². The molecule has 0 aliphatic carbocycles. The highest BCUT2D eigenvalue weighted by Crippen LogP contribution is 2.23. The lowest BCUT2D eigenvalue weighted by Crippen LogP contribution is -2.16. The topological polar surface area (TPSA) is 98.3 Å². The molecule has 0 fully saturated rings. The Kier molecular flexibility index (Phi) is 6.93. The van der Waals surface area contributed by atoms with E-state index in [1.807, 2.05) is 24.3 Å². The molecule has 0 bridgehead atoms. The first-order chi connectivity index (χ1) is 12.1. The fourth-order valence-electron chi connectivity index (χ4n) is 1.92. The quantitative estimate of drug-likeness (QED) is 0.421. The molecule has 0 heterocycles. The first-order valence-corrected chi connectivity index (χ1v) is 8.31. The second kappa shape index (κ2) is 9.40. The molecule has 25 heavy (non-hydrogen) atoms. The van der Waals surface area contributed by atoms with Gasteiger partial charge in [0.1, 0.15) is 18.8 Å². The van der Waals surface area contributed by atoms with Gasteiger partial charge in [0, 0.05) is 5.56 Å². The van der Waals surface area contributed by atoms with Crippen LogP contribution in [0.25, 0.3) is 0 Å². The maximum absolute atomic E-state index is 11.1. The maximum Gasteiger partial charge on any atom is 0.254 e. The summed E-state index contributed by atoms with van der Waals surface area (Å²) in [5.74, 6) is 0.239. The van der Waals surface area contributed by atoms with E-state index in [2.05, 4.69) is 39.2 Å². The SMILES string of the molecule is N#CCC(=O)NN=Cc1ccc(OCc2ccccc2C#N)c(I)c1. The number of hydrogen-bond donors (Lipinski definition) is 1. The van der Waals surface area contributed by atoms with Crippen molar-refractivity contribution in [2.45, 2.75) is 13.0 Å². The van der Waals surface area contributed by atoms with Gasteiger partial charge in [0.15, 0.2) is 0 Å². The Morgan fingerprint density at radius 1 is 1.28 bits per heavy atom. The zero-order valence-corrected chi connectivity index (χ0v) is 15.2. The number of amides is 1. The Morgan fingerprint density at radius 2 is 2.08 bits per heavy atom. The summed E-state index contributed by atoms with van der Waals surface area (Å²) in [7, 11) is 0. The van der Waals surface area contributed by atoms with Gasteiger partial charge in [-0.15, -0.1) is 0 Å². The van der Waals surface area contributed by atoms with Gasteiger partial charge in [-0.2, -0.15) is 15.6 Å². The van der Waals surface area contributed by atoms with Crippen LogP contribution in [0.1, 0.15) is 23.1 Å². The summed E-state index contributed by atoms with van der Waals surface area (Å²) in [6, 6.07) is 16.6. The third-order valence-corrected chi connectivity index (χ3v) is 3.96. The lowest BCUT2D eigenvalue weighted by molar-refractivity contribution is -0.120. The monoisotopic (exact) mass is 444 g/mol. The number of nitrogens with zero attached hydrogens (tertiary/aromatic N) is 3. The number of benzene rings is 2. The molecular weight excluding hydrogens is 431 g/mol. The van der Waals surface area contributed by atoms with Crippen molar-refractivity contribution in [1.82, 2.24) is 5.43 Å². The number of rotatable bonds is 6. The zero-order valence-electron chi connectivity index (χ0n) is 13.1. The number of nitriles is 2. The van der Waals surface area contributed by atoms with Crippen LogP contribution >= 0.6 is 22.6 Å². The molecule has 7 heteroatoms. The summed E-state index contributed by atoms with van der Waals surface area (Å²) in [4.78, 5) is 11.1. The van der Waals surface area contributed by atoms with Gasteiger partial charge in [-0.3, -0.25) is 4.79 Å². The number of carbonyl (C=O) groups excluding carboxylic acids is 1. The summed E-state index contributed by atoms with van der Waals surface area (Å²) >= 11 is 2.14. The summed E-state index contributed by atoms with van der Waals surface area (Å²) in [6.07, 6.45) is 1.26. The van der Waals surface area contributed by atoms with E-state index >= 15 is 0 Å². The minimum Gasteiger partial charge on any atom is -0.488 e. The molecule has 124 valence electrons. The first-order valence-electron chi connectivity index (χ1n) is 7.23. The Balaban J connectivity index is 2.00. The number of carbonyl (C=O) groups is 1. The Labute approximate surface area is 158 Å². The third-order valence-electron chi connectivity index (χ3n) is 3.12. The van der Waals surface area contributed by atoms with E-state index in [-0.39, 0.29) is 6.42 Å². The summed E-state index contributed by atoms with van der Waals surface area (Å²) in [6.45, 7) is 0.303. The van der Waals surface area contributed by atoms with Crippen LogP contribution in [0.3, 0.4) is 0 Å². The molecule has 2 aromatic carbocycles. The molecular formula is C18H13IN4O2. The van der Waals surface area contributed by atoms with Gasteiger partial charge in [-0.1, -0.05) is 18.2 Å². The number of nitrogens with one attached hydrogen (secondary N) is 1. The molecule has 0 aliphatic rings.